The van der Waals surface area contributed by atoms with Gasteiger partial charge in [-0.1, -0.05) is 78.9 Å². The average Bonchev–Trinajstić information content (AvgIpc) is 2.73. The molecule has 138 valence electrons. The summed E-state index contributed by atoms with van der Waals surface area (Å²) in [6.45, 7) is 0. The maximum atomic E-state index is 13.4. The summed E-state index contributed by atoms with van der Waals surface area (Å²) < 4.78 is 26.8. The number of halogens is 2. The Morgan fingerprint density at radius 1 is 0.464 bits per heavy atom. The van der Waals surface area contributed by atoms with Crippen molar-refractivity contribution in [3.63, 3.8) is 0 Å². The van der Waals surface area contributed by atoms with Gasteiger partial charge in [-0.2, -0.15) is 0 Å². The van der Waals surface area contributed by atoms with Crippen molar-refractivity contribution in [3.8, 4) is 0 Å². The van der Waals surface area contributed by atoms with Gasteiger partial charge in [-0.3, -0.25) is 0 Å². The Bertz CT molecular complexity index is 973. The molecule has 0 amide bonds. The number of hydrogen-bond acceptors (Lipinski definition) is 0. The number of hydrogen-bond donors (Lipinski definition) is 0. The van der Waals surface area contributed by atoms with Crippen LogP contribution in [0.3, 0.4) is 0 Å². The number of benzene rings is 4. The predicted octanol–water partition coefficient (Wildman–Crippen LogP) is 6.74. The molecular weight excluding hydrogens is 350 g/mol. The summed E-state index contributed by atoms with van der Waals surface area (Å²) in [7, 11) is 0. The highest BCUT2D eigenvalue weighted by Gasteiger charge is 2.17. The van der Waals surface area contributed by atoms with Gasteiger partial charge in [0.2, 0.25) is 0 Å². The van der Waals surface area contributed by atoms with Crippen LogP contribution in [-0.2, 0) is 6.42 Å². The van der Waals surface area contributed by atoms with Crippen molar-refractivity contribution in [2.24, 2.45) is 0 Å². The van der Waals surface area contributed by atoms with Crippen molar-refractivity contribution in [2.75, 3.05) is 0 Å². The van der Waals surface area contributed by atoms with Gasteiger partial charge in [-0.25, -0.2) is 8.78 Å². The smallest absolute Gasteiger partial charge is 0.123 e. The van der Waals surface area contributed by atoms with Gasteiger partial charge in [-0.05, 0) is 58.5 Å². The van der Waals surface area contributed by atoms with E-state index in [1.54, 1.807) is 24.3 Å². The summed E-state index contributed by atoms with van der Waals surface area (Å²) in [5.74, 6) is -0.605. The van der Waals surface area contributed by atoms with Crippen molar-refractivity contribution < 1.29 is 8.78 Å². The van der Waals surface area contributed by atoms with Crippen molar-refractivity contribution >= 4 is 0 Å². The van der Waals surface area contributed by atoms with E-state index >= 15 is 0 Å². The summed E-state index contributed by atoms with van der Waals surface area (Å²) >= 11 is 0. The zero-order valence-corrected chi connectivity index (χ0v) is 15.4. The Morgan fingerprint density at radius 2 is 0.857 bits per heavy atom. The standard InChI is InChI=1S/C26H20F2/c27-24-14-10-22(11-15-24)26(23-12-16-25(28)17-13-23)21-8-6-20(7-9-21)18-19-4-2-1-3-5-19/h1-17,26H,18H2. The molecule has 0 aromatic heterocycles. The molecule has 0 aliphatic heterocycles. The van der Waals surface area contributed by atoms with E-state index in [4.69, 9.17) is 0 Å². The van der Waals surface area contributed by atoms with Crippen LogP contribution in [0.15, 0.2) is 103 Å². The fraction of sp³-hybridized carbons (Fsp3) is 0.0769. The first-order chi connectivity index (χ1) is 13.7. The first kappa shape index (κ1) is 18.1. The minimum absolute atomic E-state index is 0.0769. The second-order valence-corrected chi connectivity index (χ2v) is 6.94. The van der Waals surface area contributed by atoms with Crippen LogP contribution in [0.1, 0.15) is 33.7 Å². The molecule has 4 aromatic rings. The molecule has 0 radical (unpaired) electrons. The third-order valence-electron chi connectivity index (χ3n) is 4.97. The highest BCUT2D eigenvalue weighted by atomic mass is 19.1. The first-order valence-electron chi connectivity index (χ1n) is 9.33. The zero-order chi connectivity index (χ0) is 19.3. The maximum absolute atomic E-state index is 13.4. The molecule has 0 aliphatic rings. The molecule has 0 aliphatic carbocycles. The van der Waals surface area contributed by atoms with Crippen molar-refractivity contribution in [1.29, 1.82) is 0 Å². The fourth-order valence-electron chi connectivity index (χ4n) is 3.55. The molecule has 0 N–H and O–H groups in total. The quantitative estimate of drug-likeness (QED) is 0.341. The Hall–Kier alpha value is -3.26. The van der Waals surface area contributed by atoms with E-state index in [1.165, 1.54) is 35.4 Å². The second-order valence-electron chi connectivity index (χ2n) is 6.94. The zero-order valence-electron chi connectivity index (χ0n) is 15.4. The van der Waals surface area contributed by atoms with Crippen molar-refractivity contribution in [3.05, 3.63) is 143 Å². The number of rotatable bonds is 5. The molecule has 0 heterocycles. The molecule has 2 heteroatoms. The van der Waals surface area contributed by atoms with Gasteiger partial charge in [0.25, 0.3) is 0 Å². The van der Waals surface area contributed by atoms with E-state index in [2.05, 4.69) is 36.4 Å². The predicted molar refractivity (Wildman–Crippen MR) is 109 cm³/mol. The summed E-state index contributed by atoms with van der Waals surface area (Å²) in [5.41, 5.74) is 5.54. The second kappa shape index (κ2) is 8.18. The summed E-state index contributed by atoms with van der Waals surface area (Å²) in [6.07, 6.45) is 0.874. The molecule has 0 nitrogen and oxygen atoms in total. The molecule has 0 bridgehead atoms. The lowest BCUT2D eigenvalue weighted by atomic mass is 9.84. The molecular formula is C26H20F2. The van der Waals surface area contributed by atoms with Gasteiger partial charge >= 0.3 is 0 Å². The maximum Gasteiger partial charge on any atom is 0.123 e. The summed E-state index contributed by atoms with van der Waals surface area (Å²) in [4.78, 5) is 0. The SMILES string of the molecule is Fc1ccc(C(c2ccc(F)cc2)c2ccc(Cc3ccccc3)cc2)cc1. The van der Waals surface area contributed by atoms with Crippen LogP contribution in [0, 0.1) is 11.6 Å². The molecule has 0 spiro atoms. The topological polar surface area (TPSA) is 0 Å². The molecule has 0 saturated carbocycles. The lowest BCUT2D eigenvalue weighted by Crippen LogP contribution is -2.04. The van der Waals surface area contributed by atoms with Gasteiger partial charge < -0.3 is 0 Å². The Morgan fingerprint density at radius 3 is 1.32 bits per heavy atom. The molecule has 28 heavy (non-hydrogen) atoms. The van der Waals surface area contributed by atoms with Crippen LogP contribution < -0.4 is 0 Å². The van der Waals surface area contributed by atoms with Crippen LogP contribution in [0.5, 0.6) is 0 Å². The van der Waals surface area contributed by atoms with E-state index in [-0.39, 0.29) is 17.6 Å². The normalized spacial score (nSPS) is 11.0. The van der Waals surface area contributed by atoms with Gasteiger partial charge in [-0.15, -0.1) is 0 Å². The van der Waals surface area contributed by atoms with E-state index in [0.717, 1.165) is 23.1 Å². The van der Waals surface area contributed by atoms with Gasteiger partial charge in [0.05, 0.1) is 0 Å². The van der Waals surface area contributed by atoms with Crippen LogP contribution in [0.25, 0.3) is 0 Å². The van der Waals surface area contributed by atoms with E-state index < -0.39 is 0 Å². The lowest BCUT2D eigenvalue weighted by Gasteiger charge is -2.19. The largest absolute Gasteiger partial charge is 0.207 e. The highest BCUT2D eigenvalue weighted by Crippen LogP contribution is 2.32. The minimum atomic E-state index is -0.264. The van der Waals surface area contributed by atoms with E-state index in [1.807, 2.05) is 18.2 Å². The molecule has 4 aromatic carbocycles. The van der Waals surface area contributed by atoms with Crippen LogP contribution >= 0.6 is 0 Å². The van der Waals surface area contributed by atoms with E-state index in [0.29, 0.717) is 0 Å². The van der Waals surface area contributed by atoms with Crippen LogP contribution in [-0.4, -0.2) is 0 Å². The van der Waals surface area contributed by atoms with Crippen LogP contribution in [0.4, 0.5) is 8.78 Å². The molecule has 0 atom stereocenters. The van der Waals surface area contributed by atoms with Gasteiger partial charge in [0, 0.05) is 5.92 Å². The van der Waals surface area contributed by atoms with Crippen LogP contribution in [0.2, 0.25) is 0 Å². The summed E-state index contributed by atoms with van der Waals surface area (Å²) in [5, 5.41) is 0. The first-order valence-corrected chi connectivity index (χ1v) is 9.33. The Balaban J connectivity index is 1.68. The minimum Gasteiger partial charge on any atom is -0.207 e. The molecule has 0 unspecified atom stereocenters. The highest BCUT2D eigenvalue weighted by molar-refractivity contribution is 5.44. The van der Waals surface area contributed by atoms with Crippen molar-refractivity contribution in [2.45, 2.75) is 12.3 Å². The molecule has 0 fully saturated rings. The van der Waals surface area contributed by atoms with Crippen molar-refractivity contribution in [1.82, 2.24) is 0 Å². The van der Waals surface area contributed by atoms with Gasteiger partial charge in [0.1, 0.15) is 11.6 Å². The average molecular weight is 370 g/mol. The summed E-state index contributed by atoms with van der Waals surface area (Å²) in [6, 6.07) is 31.9. The Labute approximate surface area is 164 Å². The van der Waals surface area contributed by atoms with Gasteiger partial charge in [0.15, 0.2) is 0 Å². The third-order valence-corrected chi connectivity index (χ3v) is 4.97. The lowest BCUT2D eigenvalue weighted by molar-refractivity contribution is 0.626. The third kappa shape index (κ3) is 4.17. The van der Waals surface area contributed by atoms with E-state index in [9.17, 15) is 8.78 Å². The fourth-order valence-corrected chi connectivity index (χ4v) is 3.55. The molecule has 4 rings (SSSR count). The Kier molecular flexibility index (Phi) is 5.29. The molecule has 0 saturated heterocycles. The monoisotopic (exact) mass is 370 g/mol.